The molecule has 0 bridgehead atoms. The molecule has 1 aliphatic rings. The molecule has 158 valence electrons. The molecule has 0 radical (unpaired) electrons. The number of urea groups is 1. The van der Waals surface area contributed by atoms with Crippen molar-refractivity contribution in [3.63, 3.8) is 0 Å². The number of hydrogen-bond donors (Lipinski definition) is 1. The Bertz CT molecular complexity index is 1060. The second-order valence-electron chi connectivity index (χ2n) is 7.65. The topological polar surface area (TPSA) is 75.5 Å². The fraction of sp³-hybridized carbons (Fsp3) is 0.409. The number of amides is 2. The van der Waals surface area contributed by atoms with E-state index in [1.54, 1.807) is 11.8 Å². The van der Waals surface area contributed by atoms with Crippen molar-refractivity contribution in [3.05, 3.63) is 42.2 Å². The van der Waals surface area contributed by atoms with Gasteiger partial charge in [-0.05, 0) is 43.2 Å². The third kappa shape index (κ3) is 3.65. The number of nitrogens with zero attached hydrogens (tertiary/aromatic N) is 5. The predicted octanol–water partition coefficient (Wildman–Crippen LogP) is 3.42. The van der Waals surface area contributed by atoms with Crippen molar-refractivity contribution in [3.8, 4) is 5.75 Å². The number of rotatable bonds is 4. The van der Waals surface area contributed by atoms with Gasteiger partial charge < -0.3 is 19.9 Å². The number of aryl methyl sites for hydroxylation is 2. The third-order valence-corrected chi connectivity index (χ3v) is 5.81. The summed E-state index contributed by atoms with van der Waals surface area (Å²) in [6.07, 6.45) is 4.64. The molecule has 30 heavy (non-hydrogen) atoms. The van der Waals surface area contributed by atoms with E-state index in [4.69, 9.17) is 4.74 Å². The number of hydrogen-bond acceptors (Lipinski definition) is 5. The summed E-state index contributed by atoms with van der Waals surface area (Å²) >= 11 is 0. The van der Waals surface area contributed by atoms with Crippen LogP contribution < -0.4 is 15.0 Å². The van der Waals surface area contributed by atoms with E-state index in [0.29, 0.717) is 13.1 Å². The zero-order valence-electron chi connectivity index (χ0n) is 17.9. The standard InChI is InChI=1S/C22H28N6O2/c1-5-17-14-27(22(29)25-16-6-7-20(30-4)15(2)12-16)10-11-28(17)19-8-9-23-21-18(19)13-24-26(21)3/h6-9,12-13,17H,5,10-11,14H2,1-4H3,(H,25,29)/t17-/m0/s1. The number of benzene rings is 1. The van der Waals surface area contributed by atoms with Crippen LogP contribution in [0.4, 0.5) is 16.2 Å². The number of anilines is 2. The molecule has 0 aliphatic carbocycles. The first kappa shape index (κ1) is 20.0. The van der Waals surface area contributed by atoms with Crippen LogP contribution >= 0.6 is 0 Å². The summed E-state index contributed by atoms with van der Waals surface area (Å²) < 4.78 is 7.09. The first-order valence-electron chi connectivity index (χ1n) is 10.3. The van der Waals surface area contributed by atoms with Crippen LogP contribution in [-0.2, 0) is 7.05 Å². The highest BCUT2D eigenvalue weighted by Crippen LogP contribution is 2.29. The highest BCUT2D eigenvalue weighted by molar-refractivity contribution is 5.91. The SMILES string of the molecule is CC[C@H]1CN(C(=O)Nc2ccc(OC)c(C)c2)CCN1c1ccnc2c1cnn2C. The summed E-state index contributed by atoms with van der Waals surface area (Å²) in [4.78, 5) is 21.6. The number of fused-ring (bicyclic) bond motifs is 1. The lowest BCUT2D eigenvalue weighted by Gasteiger charge is -2.42. The van der Waals surface area contributed by atoms with Gasteiger partial charge in [-0.3, -0.25) is 4.68 Å². The minimum atomic E-state index is -0.0704. The van der Waals surface area contributed by atoms with Crippen LogP contribution in [0.5, 0.6) is 5.75 Å². The van der Waals surface area contributed by atoms with Gasteiger partial charge in [0.15, 0.2) is 5.65 Å². The van der Waals surface area contributed by atoms with Crippen molar-refractivity contribution in [2.24, 2.45) is 7.05 Å². The zero-order valence-corrected chi connectivity index (χ0v) is 17.9. The van der Waals surface area contributed by atoms with Crippen LogP contribution in [0.3, 0.4) is 0 Å². The molecular formula is C22H28N6O2. The fourth-order valence-corrected chi connectivity index (χ4v) is 4.15. The maximum Gasteiger partial charge on any atom is 0.321 e. The van der Waals surface area contributed by atoms with Crippen LogP contribution in [-0.4, -0.2) is 58.5 Å². The molecule has 0 spiro atoms. The Labute approximate surface area is 176 Å². The summed E-state index contributed by atoms with van der Waals surface area (Å²) in [5.74, 6) is 0.812. The van der Waals surface area contributed by atoms with E-state index >= 15 is 0 Å². The largest absolute Gasteiger partial charge is 0.496 e. The first-order chi connectivity index (χ1) is 14.5. The lowest BCUT2D eigenvalue weighted by molar-refractivity contribution is 0.197. The summed E-state index contributed by atoms with van der Waals surface area (Å²) in [7, 11) is 3.55. The highest BCUT2D eigenvalue weighted by Gasteiger charge is 2.30. The number of carbonyl (C=O) groups excluding carboxylic acids is 1. The molecule has 2 amide bonds. The summed E-state index contributed by atoms with van der Waals surface area (Å²) in [5.41, 5.74) is 3.77. The molecule has 1 atom stereocenters. The van der Waals surface area contributed by atoms with E-state index < -0.39 is 0 Å². The molecule has 1 aliphatic heterocycles. The van der Waals surface area contributed by atoms with Gasteiger partial charge in [-0.2, -0.15) is 5.10 Å². The van der Waals surface area contributed by atoms with Gasteiger partial charge in [0, 0.05) is 44.6 Å². The van der Waals surface area contributed by atoms with Gasteiger partial charge in [-0.15, -0.1) is 0 Å². The maximum absolute atomic E-state index is 12.9. The monoisotopic (exact) mass is 408 g/mol. The van der Waals surface area contributed by atoms with E-state index in [2.05, 4.69) is 27.2 Å². The number of methoxy groups -OCH3 is 1. The van der Waals surface area contributed by atoms with Crippen LogP contribution in [0.1, 0.15) is 18.9 Å². The Morgan fingerprint density at radius 1 is 1.30 bits per heavy atom. The highest BCUT2D eigenvalue weighted by atomic mass is 16.5. The Kier molecular flexibility index (Phi) is 5.48. The number of carbonyl (C=O) groups is 1. The van der Waals surface area contributed by atoms with Gasteiger partial charge >= 0.3 is 6.03 Å². The van der Waals surface area contributed by atoms with Crippen molar-refractivity contribution in [1.82, 2.24) is 19.7 Å². The van der Waals surface area contributed by atoms with Crippen molar-refractivity contribution in [1.29, 1.82) is 0 Å². The predicted molar refractivity (Wildman–Crippen MR) is 118 cm³/mol. The summed E-state index contributed by atoms with van der Waals surface area (Å²) in [5, 5.41) is 8.43. The molecule has 1 saturated heterocycles. The average molecular weight is 409 g/mol. The Morgan fingerprint density at radius 3 is 2.87 bits per heavy atom. The van der Waals surface area contributed by atoms with Crippen molar-refractivity contribution < 1.29 is 9.53 Å². The van der Waals surface area contributed by atoms with E-state index in [9.17, 15) is 4.79 Å². The molecular weight excluding hydrogens is 380 g/mol. The minimum Gasteiger partial charge on any atom is -0.496 e. The Morgan fingerprint density at radius 2 is 2.13 bits per heavy atom. The lowest BCUT2D eigenvalue weighted by atomic mass is 10.1. The second-order valence-corrected chi connectivity index (χ2v) is 7.65. The molecule has 3 aromatic rings. The van der Waals surface area contributed by atoms with Crippen molar-refractivity contribution in [2.75, 3.05) is 37.0 Å². The van der Waals surface area contributed by atoms with Crippen LogP contribution in [0.2, 0.25) is 0 Å². The van der Waals surface area contributed by atoms with E-state index in [1.165, 1.54) is 0 Å². The number of pyridine rings is 1. The molecule has 1 fully saturated rings. The van der Waals surface area contributed by atoms with Gasteiger partial charge in [0.25, 0.3) is 0 Å². The minimum absolute atomic E-state index is 0.0704. The molecule has 0 saturated carbocycles. The zero-order chi connectivity index (χ0) is 21.3. The quantitative estimate of drug-likeness (QED) is 0.716. The van der Waals surface area contributed by atoms with Crippen LogP contribution in [0, 0.1) is 6.92 Å². The van der Waals surface area contributed by atoms with E-state index in [0.717, 1.165) is 46.7 Å². The molecule has 1 aromatic carbocycles. The molecule has 3 heterocycles. The number of ether oxygens (including phenoxy) is 1. The normalized spacial score (nSPS) is 16.7. The van der Waals surface area contributed by atoms with Gasteiger partial charge in [0.2, 0.25) is 0 Å². The number of aromatic nitrogens is 3. The van der Waals surface area contributed by atoms with Crippen LogP contribution in [0.15, 0.2) is 36.7 Å². The second kappa shape index (κ2) is 8.22. The first-order valence-corrected chi connectivity index (χ1v) is 10.3. The molecule has 2 aromatic heterocycles. The lowest BCUT2D eigenvalue weighted by Crippen LogP contribution is -2.55. The Balaban J connectivity index is 1.49. The van der Waals surface area contributed by atoms with E-state index in [1.807, 2.05) is 55.5 Å². The van der Waals surface area contributed by atoms with Gasteiger partial charge in [0.05, 0.1) is 24.4 Å². The van der Waals surface area contributed by atoms with Gasteiger partial charge in [-0.1, -0.05) is 6.92 Å². The smallest absolute Gasteiger partial charge is 0.321 e. The average Bonchev–Trinajstić information content (AvgIpc) is 3.14. The summed E-state index contributed by atoms with van der Waals surface area (Å²) in [6, 6.07) is 7.88. The fourth-order valence-electron chi connectivity index (χ4n) is 4.15. The molecule has 4 rings (SSSR count). The maximum atomic E-state index is 12.9. The molecule has 8 heteroatoms. The molecule has 0 unspecified atom stereocenters. The van der Waals surface area contributed by atoms with Gasteiger partial charge in [0.1, 0.15) is 5.75 Å². The van der Waals surface area contributed by atoms with Gasteiger partial charge in [-0.25, -0.2) is 9.78 Å². The molecule has 1 N–H and O–H groups in total. The summed E-state index contributed by atoms with van der Waals surface area (Å²) in [6.45, 7) is 6.21. The Hall–Kier alpha value is -3.29. The van der Waals surface area contributed by atoms with E-state index in [-0.39, 0.29) is 12.1 Å². The van der Waals surface area contributed by atoms with Crippen molar-refractivity contribution in [2.45, 2.75) is 26.3 Å². The number of piperazine rings is 1. The van der Waals surface area contributed by atoms with Crippen molar-refractivity contribution >= 4 is 28.4 Å². The number of nitrogens with one attached hydrogen (secondary N) is 1. The molecule has 8 nitrogen and oxygen atoms in total. The van der Waals surface area contributed by atoms with Crippen LogP contribution in [0.25, 0.3) is 11.0 Å². The third-order valence-electron chi connectivity index (χ3n) is 5.81.